The molecule has 0 heterocycles. The molecule has 98 valence electrons. The molecule has 0 atom stereocenters. The van der Waals surface area contributed by atoms with Gasteiger partial charge >= 0.3 is 0 Å². The van der Waals surface area contributed by atoms with Crippen LogP contribution in [0, 0.1) is 12.8 Å². The number of amides is 1. The Morgan fingerprint density at radius 3 is 2.72 bits per heavy atom. The maximum atomic E-state index is 12.4. The first kappa shape index (κ1) is 14.1. The minimum atomic E-state index is 0.117. The van der Waals surface area contributed by atoms with Crippen molar-refractivity contribution in [2.24, 2.45) is 5.92 Å². The lowest BCUT2D eigenvalue weighted by Gasteiger charge is -2.34. The van der Waals surface area contributed by atoms with Crippen LogP contribution in [-0.4, -0.2) is 29.2 Å². The summed E-state index contributed by atoms with van der Waals surface area (Å²) in [6.45, 7) is 2.83. The van der Waals surface area contributed by atoms with Gasteiger partial charge in [-0.15, -0.1) is 0 Å². The average Bonchev–Trinajstić information content (AvgIpc) is 2.29. The van der Waals surface area contributed by atoms with Crippen molar-refractivity contribution in [3.8, 4) is 0 Å². The highest BCUT2D eigenvalue weighted by molar-refractivity contribution is 9.10. The smallest absolute Gasteiger partial charge is 0.253 e. The van der Waals surface area contributed by atoms with Gasteiger partial charge in [0.2, 0.25) is 0 Å². The summed E-state index contributed by atoms with van der Waals surface area (Å²) in [5.41, 5.74) is 1.82. The molecule has 4 heteroatoms. The minimum Gasteiger partial charge on any atom is -0.341 e. The van der Waals surface area contributed by atoms with Crippen LogP contribution in [0.15, 0.2) is 22.7 Å². The predicted octanol–water partition coefficient (Wildman–Crippen LogP) is 4.00. The third-order valence-corrected chi connectivity index (χ3v) is 4.73. The zero-order valence-corrected chi connectivity index (χ0v) is 13.8. The van der Waals surface area contributed by atoms with Gasteiger partial charge in [-0.1, -0.05) is 37.9 Å². The molecule has 0 saturated heterocycles. The fourth-order valence-electron chi connectivity index (χ4n) is 2.30. The second-order valence-electron chi connectivity index (χ2n) is 5.08. The molecule has 0 aliphatic heterocycles. The van der Waals surface area contributed by atoms with Crippen LogP contribution in [0.2, 0.25) is 0 Å². The van der Waals surface area contributed by atoms with Gasteiger partial charge in [0.15, 0.2) is 0 Å². The van der Waals surface area contributed by atoms with Crippen LogP contribution in [0.3, 0.4) is 0 Å². The van der Waals surface area contributed by atoms with E-state index in [2.05, 4.69) is 31.9 Å². The Kier molecular flexibility index (Phi) is 4.49. The standard InChI is InChI=1S/C14H17Br2NO/c1-9-3-4-11(15)7-13(9)14(18)17(2)8-10-5-12(16)6-10/h3-4,7,10,12H,5-6,8H2,1-2H3. The number of halogens is 2. The molecule has 0 aromatic heterocycles. The highest BCUT2D eigenvalue weighted by Crippen LogP contribution is 2.33. The van der Waals surface area contributed by atoms with Crippen LogP contribution in [0.5, 0.6) is 0 Å². The largest absolute Gasteiger partial charge is 0.341 e. The van der Waals surface area contributed by atoms with E-state index in [9.17, 15) is 4.79 Å². The van der Waals surface area contributed by atoms with Crippen molar-refractivity contribution in [3.63, 3.8) is 0 Å². The van der Waals surface area contributed by atoms with E-state index in [0.717, 1.165) is 22.1 Å². The number of alkyl halides is 1. The number of hydrogen-bond acceptors (Lipinski definition) is 1. The van der Waals surface area contributed by atoms with Crippen LogP contribution in [0.1, 0.15) is 28.8 Å². The van der Waals surface area contributed by atoms with E-state index < -0.39 is 0 Å². The fourth-order valence-corrected chi connectivity index (χ4v) is 3.72. The molecule has 1 aliphatic carbocycles. The van der Waals surface area contributed by atoms with Gasteiger partial charge in [0, 0.05) is 28.5 Å². The topological polar surface area (TPSA) is 20.3 Å². The van der Waals surface area contributed by atoms with Gasteiger partial charge in [0.05, 0.1) is 0 Å². The summed E-state index contributed by atoms with van der Waals surface area (Å²) in [4.78, 5) is 14.9. The van der Waals surface area contributed by atoms with Crippen molar-refractivity contribution >= 4 is 37.8 Å². The highest BCUT2D eigenvalue weighted by Gasteiger charge is 2.29. The summed E-state index contributed by atoms with van der Waals surface area (Å²) in [5.74, 6) is 0.766. The average molecular weight is 375 g/mol. The molecule has 2 rings (SSSR count). The molecule has 1 aliphatic rings. The van der Waals surface area contributed by atoms with E-state index >= 15 is 0 Å². The Balaban J connectivity index is 2.03. The third-order valence-electron chi connectivity index (χ3n) is 3.49. The monoisotopic (exact) mass is 373 g/mol. The Bertz CT molecular complexity index is 455. The Labute approximate surface area is 125 Å². The number of carbonyl (C=O) groups excluding carboxylic acids is 1. The van der Waals surface area contributed by atoms with Gasteiger partial charge in [0.25, 0.3) is 5.91 Å². The second-order valence-corrected chi connectivity index (χ2v) is 7.29. The molecule has 1 amide bonds. The van der Waals surface area contributed by atoms with Gasteiger partial charge < -0.3 is 4.90 Å². The van der Waals surface area contributed by atoms with Gasteiger partial charge in [-0.2, -0.15) is 0 Å². The molecule has 1 saturated carbocycles. The fraction of sp³-hybridized carbons (Fsp3) is 0.500. The van der Waals surface area contributed by atoms with Crippen LogP contribution < -0.4 is 0 Å². The van der Waals surface area contributed by atoms with Crippen molar-refractivity contribution in [1.82, 2.24) is 4.90 Å². The Morgan fingerprint density at radius 2 is 2.11 bits per heavy atom. The van der Waals surface area contributed by atoms with Crippen molar-refractivity contribution in [1.29, 1.82) is 0 Å². The predicted molar refractivity (Wildman–Crippen MR) is 81.3 cm³/mol. The van der Waals surface area contributed by atoms with Crippen molar-refractivity contribution in [2.45, 2.75) is 24.6 Å². The van der Waals surface area contributed by atoms with Crippen molar-refractivity contribution in [3.05, 3.63) is 33.8 Å². The number of aryl methyl sites for hydroxylation is 1. The summed E-state index contributed by atoms with van der Waals surface area (Å²) in [7, 11) is 1.89. The molecule has 1 fully saturated rings. The Morgan fingerprint density at radius 1 is 1.44 bits per heavy atom. The number of carbonyl (C=O) groups is 1. The molecule has 2 nitrogen and oxygen atoms in total. The number of benzene rings is 1. The normalized spacial score (nSPS) is 22.4. The van der Waals surface area contributed by atoms with Crippen LogP contribution in [0.25, 0.3) is 0 Å². The molecule has 0 radical (unpaired) electrons. The lowest BCUT2D eigenvalue weighted by atomic mass is 9.85. The quantitative estimate of drug-likeness (QED) is 0.732. The summed E-state index contributed by atoms with van der Waals surface area (Å²) < 4.78 is 0.953. The number of nitrogens with zero attached hydrogens (tertiary/aromatic N) is 1. The van der Waals surface area contributed by atoms with Crippen LogP contribution in [-0.2, 0) is 0 Å². The van der Waals surface area contributed by atoms with E-state index in [-0.39, 0.29) is 5.91 Å². The van der Waals surface area contributed by atoms with Gasteiger partial charge in [0.1, 0.15) is 0 Å². The Hall–Kier alpha value is -0.350. The van der Waals surface area contributed by atoms with Crippen molar-refractivity contribution < 1.29 is 4.79 Å². The molecule has 1 aromatic rings. The van der Waals surface area contributed by atoms with E-state index in [1.165, 1.54) is 12.8 Å². The summed E-state index contributed by atoms with van der Waals surface area (Å²) in [6.07, 6.45) is 2.35. The first-order chi connectivity index (χ1) is 8.47. The maximum Gasteiger partial charge on any atom is 0.253 e. The first-order valence-corrected chi connectivity index (χ1v) is 7.84. The van der Waals surface area contributed by atoms with Crippen LogP contribution >= 0.6 is 31.9 Å². The maximum absolute atomic E-state index is 12.4. The lowest BCUT2D eigenvalue weighted by molar-refractivity contribution is 0.0748. The van der Waals surface area contributed by atoms with E-state index in [1.807, 2.05) is 37.1 Å². The van der Waals surface area contributed by atoms with Crippen molar-refractivity contribution in [2.75, 3.05) is 13.6 Å². The summed E-state index contributed by atoms with van der Waals surface area (Å²) in [6, 6.07) is 5.85. The zero-order valence-electron chi connectivity index (χ0n) is 10.6. The van der Waals surface area contributed by atoms with Gasteiger partial charge in [-0.25, -0.2) is 0 Å². The highest BCUT2D eigenvalue weighted by atomic mass is 79.9. The second kappa shape index (κ2) is 5.74. The lowest BCUT2D eigenvalue weighted by Crippen LogP contribution is -2.38. The van der Waals surface area contributed by atoms with Gasteiger partial charge in [-0.05, 0) is 43.4 Å². The molecular formula is C14H17Br2NO. The molecule has 18 heavy (non-hydrogen) atoms. The zero-order chi connectivity index (χ0) is 13.3. The summed E-state index contributed by atoms with van der Waals surface area (Å²) in [5, 5.41) is 0. The number of hydrogen-bond donors (Lipinski definition) is 0. The van der Waals surface area contributed by atoms with Crippen LogP contribution in [0.4, 0.5) is 0 Å². The van der Waals surface area contributed by atoms with E-state index in [1.54, 1.807) is 0 Å². The third kappa shape index (κ3) is 3.15. The SMILES string of the molecule is Cc1ccc(Br)cc1C(=O)N(C)CC1CC(Br)C1. The molecule has 0 unspecified atom stereocenters. The summed E-state index contributed by atoms with van der Waals surface area (Å²) >= 11 is 7.00. The molecular weight excluding hydrogens is 358 g/mol. The molecule has 0 spiro atoms. The first-order valence-electron chi connectivity index (χ1n) is 6.13. The van der Waals surface area contributed by atoms with Gasteiger partial charge in [-0.3, -0.25) is 4.79 Å². The molecule has 1 aromatic carbocycles. The number of rotatable bonds is 3. The molecule has 0 N–H and O–H groups in total. The van der Waals surface area contributed by atoms with E-state index in [4.69, 9.17) is 0 Å². The molecule has 0 bridgehead atoms. The minimum absolute atomic E-state index is 0.117. The van der Waals surface area contributed by atoms with E-state index in [0.29, 0.717) is 10.7 Å².